The fourth-order valence-electron chi connectivity index (χ4n) is 2.83. The van der Waals surface area contributed by atoms with Crippen LogP contribution in [0.4, 0.5) is 0 Å². The molecule has 0 radical (unpaired) electrons. The van der Waals surface area contributed by atoms with Gasteiger partial charge in [-0.2, -0.15) is 5.10 Å². The van der Waals surface area contributed by atoms with Gasteiger partial charge in [-0.1, -0.05) is 36.4 Å². The molecule has 2 aromatic rings. The summed E-state index contributed by atoms with van der Waals surface area (Å²) in [4.78, 5) is 4.73. The second-order valence-electron chi connectivity index (χ2n) is 6.00. The lowest BCUT2D eigenvalue weighted by atomic mass is 10.1. The van der Waals surface area contributed by atoms with E-state index in [1.807, 2.05) is 16.9 Å². The number of benzene rings is 1. The predicted molar refractivity (Wildman–Crippen MR) is 97.9 cm³/mol. The van der Waals surface area contributed by atoms with E-state index in [4.69, 9.17) is 4.99 Å². The minimum atomic E-state index is 0.467. The Morgan fingerprint density at radius 2 is 2.08 bits per heavy atom. The Morgan fingerprint density at radius 3 is 2.83 bits per heavy atom. The fraction of sp³-hybridized carbons (Fsp3) is 0.368. The second kappa shape index (κ2) is 8.34. The molecule has 0 unspecified atom stereocenters. The first kappa shape index (κ1) is 16.3. The molecule has 1 aliphatic carbocycles. The molecule has 1 heterocycles. The number of nitrogens with one attached hydrogen (secondary N) is 2. The topological polar surface area (TPSA) is 54.2 Å². The number of hydrogen-bond acceptors (Lipinski definition) is 2. The van der Waals surface area contributed by atoms with Gasteiger partial charge in [0.25, 0.3) is 0 Å². The van der Waals surface area contributed by atoms with Crippen LogP contribution in [0.15, 0.2) is 59.9 Å². The van der Waals surface area contributed by atoms with E-state index in [-0.39, 0.29) is 0 Å². The van der Waals surface area contributed by atoms with E-state index in [1.165, 1.54) is 11.1 Å². The van der Waals surface area contributed by atoms with Gasteiger partial charge in [-0.15, -0.1) is 0 Å². The number of aliphatic imine (C=N–C) groups is 1. The van der Waals surface area contributed by atoms with E-state index in [0.29, 0.717) is 12.6 Å². The molecular formula is C19H25N5. The van der Waals surface area contributed by atoms with Crippen LogP contribution in [0.1, 0.15) is 30.9 Å². The molecule has 1 aliphatic rings. The summed E-state index contributed by atoms with van der Waals surface area (Å²) >= 11 is 0. The van der Waals surface area contributed by atoms with Gasteiger partial charge in [0.15, 0.2) is 5.96 Å². The van der Waals surface area contributed by atoms with Crippen LogP contribution in [-0.4, -0.2) is 28.3 Å². The third-order valence-electron chi connectivity index (χ3n) is 4.01. The Bertz CT molecular complexity index is 680. The van der Waals surface area contributed by atoms with Gasteiger partial charge in [-0.3, -0.25) is 4.68 Å². The average Bonchev–Trinajstić information content (AvgIpc) is 3.27. The molecule has 0 bridgehead atoms. The Kier molecular flexibility index (Phi) is 5.66. The van der Waals surface area contributed by atoms with E-state index in [1.54, 1.807) is 6.20 Å². The van der Waals surface area contributed by atoms with Crippen LogP contribution in [0.2, 0.25) is 0 Å². The zero-order chi connectivity index (χ0) is 16.6. The molecule has 0 atom stereocenters. The van der Waals surface area contributed by atoms with Gasteiger partial charge in [0.1, 0.15) is 0 Å². The molecular weight excluding hydrogens is 298 g/mol. The SMILES string of the molecule is CCNC(=NCc1cccc(Cn2cccn2)c1)NC1CC=CC1. The molecule has 5 heteroatoms. The first-order chi connectivity index (χ1) is 11.8. The smallest absolute Gasteiger partial charge is 0.191 e. The number of nitrogens with zero attached hydrogens (tertiary/aromatic N) is 3. The van der Waals surface area contributed by atoms with Crippen molar-refractivity contribution >= 4 is 5.96 Å². The molecule has 3 rings (SSSR count). The highest BCUT2D eigenvalue weighted by atomic mass is 15.3. The summed E-state index contributed by atoms with van der Waals surface area (Å²) < 4.78 is 1.93. The summed E-state index contributed by atoms with van der Waals surface area (Å²) in [5.41, 5.74) is 2.45. The molecule has 0 spiro atoms. The van der Waals surface area contributed by atoms with E-state index in [9.17, 15) is 0 Å². The molecule has 0 fully saturated rings. The van der Waals surface area contributed by atoms with Crippen LogP contribution < -0.4 is 10.6 Å². The van der Waals surface area contributed by atoms with Crippen molar-refractivity contribution in [3.63, 3.8) is 0 Å². The highest BCUT2D eigenvalue weighted by Crippen LogP contribution is 2.10. The highest BCUT2D eigenvalue weighted by Gasteiger charge is 2.11. The number of guanidine groups is 1. The van der Waals surface area contributed by atoms with Crippen LogP contribution in [0.3, 0.4) is 0 Å². The number of aromatic nitrogens is 2. The molecule has 24 heavy (non-hydrogen) atoms. The largest absolute Gasteiger partial charge is 0.357 e. The van der Waals surface area contributed by atoms with E-state index in [2.05, 4.69) is 59.1 Å². The van der Waals surface area contributed by atoms with E-state index < -0.39 is 0 Å². The lowest BCUT2D eigenvalue weighted by molar-refractivity contribution is 0.633. The van der Waals surface area contributed by atoms with Crippen molar-refractivity contribution in [3.8, 4) is 0 Å². The lowest BCUT2D eigenvalue weighted by Gasteiger charge is -2.16. The van der Waals surface area contributed by atoms with Crippen molar-refractivity contribution in [1.29, 1.82) is 0 Å². The third-order valence-corrected chi connectivity index (χ3v) is 4.01. The van der Waals surface area contributed by atoms with Crippen LogP contribution in [0, 0.1) is 0 Å². The zero-order valence-corrected chi connectivity index (χ0v) is 14.2. The van der Waals surface area contributed by atoms with Gasteiger partial charge in [0.05, 0.1) is 13.1 Å². The Morgan fingerprint density at radius 1 is 1.25 bits per heavy atom. The maximum Gasteiger partial charge on any atom is 0.191 e. The predicted octanol–water partition coefficient (Wildman–Crippen LogP) is 2.71. The molecule has 1 aromatic carbocycles. The summed E-state index contributed by atoms with van der Waals surface area (Å²) in [6.07, 6.45) is 10.4. The van der Waals surface area contributed by atoms with Crippen LogP contribution >= 0.6 is 0 Å². The second-order valence-corrected chi connectivity index (χ2v) is 6.00. The monoisotopic (exact) mass is 323 g/mol. The normalized spacial score (nSPS) is 15.0. The fourth-order valence-corrected chi connectivity index (χ4v) is 2.83. The molecule has 0 saturated heterocycles. The molecule has 5 nitrogen and oxygen atoms in total. The minimum Gasteiger partial charge on any atom is -0.357 e. The summed E-state index contributed by atoms with van der Waals surface area (Å²) in [6, 6.07) is 10.9. The van der Waals surface area contributed by atoms with Gasteiger partial charge in [0.2, 0.25) is 0 Å². The Balaban J connectivity index is 1.62. The Hall–Kier alpha value is -2.56. The summed E-state index contributed by atoms with van der Waals surface area (Å²) in [5.74, 6) is 0.892. The zero-order valence-electron chi connectivity index (χ0n) is 14.2. The van der Waals surface area contributed by atoms with Gasteiger partial charge < -0.3 is 10.6 Å². The summed E-state index contributed by atoms with van der Waals surface area (Å²) in [5, 5.41) is 11.1. The summed E-state index contributed by atoms with van der Waals surface area (Å²) in [6.45, 7) is 4.42. The van der Waals surface area contributed by atoms with Crippen molar-refractivity contribution < 1.29 is 0 Å². The maximum absolute atomic E-state index is 4.73. The van der Waals surface area contributed by atoms with Gasteiger partial charge in [-0.05, 0) is 37.0 Å². The molecule has 0 saturated carbocycles. The van der Waals surface area contributed by atoms with Crippen LogP contribution in [0.5, 0.6) is 0 Å². The number of hydrogen-bond donors (Lipinski definition) is 2. The lowest BCUT2D eigenvalue weighted by Crippen LogP contribution is -2.42. The first-order valence-corrected chi connectivity index (χ1v) is 8.58. The molecule has 0 aliphatic heterocycles. The molecule has 1 aromatic heterocycles. The van der Waals surface area contributed by atoms with Crippen molar-refractivity contribution in [2.75, 3.05) is 6.54 Å². The van der Waals surface area contributed by atoms with E-state index in [0.717, 1.165) is 31.9 Å². The molecule has 2 N–H and O–H groups in total. The number of rotatable bonds is 6. The van der Waals surface area contributed by atoms with Crippen molar-refractivity contribution in [3.05, 3.63) is 66.0 Å². The molecule has 126 valence electrons. The van der Waals surface area contributed by atoms with Gasteiger partial charge in [-0.25, -0.2) is 4.99 Å². The first-order valence-electron chi connectivity index (χ1n) is 8.58. The van der Waals surface area contributed by atoms with Crippen LogP contribution in [-0.2, 0) is 13.1 Å². The highest BCUT2D eigenvalue weighted by molar-refractivity contribution is 5.80. The van der Waals surface area contributed by atoms with Crippen LogP contribution in [0.25, 0.3) is 0 Å². The third kappa shape index (κ3) is 4.72. The maximum atomic E-state index is 4.73. The molecule has 0 amide bonds. The summed E-state index contributed by atoms with van der Waals surface area (Å²) in [7, 11) is 0. The van der Waals surface area contributed by atoms with Gasteiger partial charge in [0, 0.05) is 25.0 Å². The van der Waals surface area contributed by atoms with Crippen molar-refractivity contribution in [1.82, 2.24) is 20.4 Å². The van der Waals surface area contributed by atoms with E-state index >= 15 is 0 Å². The van der Waals surface area contributed by atoms with Gasteiger partial charge >= 0.3 is 0 Å². The quantitative estimate of drug-likeness (QED) is 0.488. The Labute approximate surface area is 143 Å². The van der Waals surface area contributed by atoms with Crippen molar-refractivity contribution in [2.24, 2.45) is 4.99 Å². The van der Waals surface area contributed by atoms with Crippen molar-refractivity contribution in [2.45, 2.75) is 38.9 Å². The standard InChI is InChI=1S/C19H25N5/c1-2-20-19(23-18-9-3-4-10-18)21-14-16-7-5-8-17(13-16)15-24-12-6-11-22-24/h3-8,11-13,18H,2,9-10,14-15H2,1H3,(H2,20,21,23). The average molecular weight is 323 g/mol. The minimum absolute atomic E-state index is 0.467.